The Kier molecular flexibility index (Phi) is 4.47. The van der Waals surface area contributed by atoms with Crippen LogP contribution in [0.5, 0.6) is 0 Å². The summed E-state index contributed by atoms with van der Waals surface area (Å²) in [5.41, 5.74) is 7.26. The highest BCUT2D eigenvalue weighted by Crippen LogP contribution is 2.25. The first-order chi connectivity index (χ1) is 9.88. The van der Waals surface area contributed by atoms with Crippen LogP contribution in [0, 0.1) is 0 Å². The molecular formula is C15H20N2O4. The van der Waals surface area contributed by atoms with E-state index in [1.807, 2.05) is 19.1 Å². The summed E-state index contributed by atoms with van der Waals surface area (Å²) in [6, 6.07) is 6.35. The molecule has 1 saturated heterocycles. The molecule has 0 bridgehead atoms. The molecule has 1 aromatic rings. The lowest BCUT2D eigenvalue weighted by molar-refractivity contribution is -0.148. The monoisotopic (exact) mass is 292 g/mol. The van der Waals surface area contributed by atoms with Gasteiger partial charge in [-0.25, -0.2) is 4.79 Å². The average molecular weight is 292 g/mol. The Bertz CT molecular complexity index is 529. The fourth-order valence-electron chi connectivity index (χ4n) is 2.65. The second-order valence-electron chi connectivity index (χ2n) is 5.56. The van der Waals surface area contributed by atoms with Crippen molar-refractivity contribution >= 4 is 17.6 Å². The number of benzene rings is 1. The predicted molar refractivity (Wildman–Crippen MR) is 77.6 cm³/mol. The normalized spacial score (nSPS) is 23.0. The molecule has 1 unspecified atom stereocenters. The summed E-state index contributed by atoms with van der Waals surface area (Å²) < 4.78 is 0. The Hall–Kier alpha value is -2.08. The summed E-state index contributed by atoms with van der Waals surface area (Å²) in [5.74, 6) is -1.35. The van der Waals surface area contributed by atoms with E-state index in [0.717, 1.165) is 5.56 Å². The van der Waals surface area contributed by atoms with Crippen molar-refractivity contribution in [2.24, 2.45) is 0 Å². The van der Waals surface area contributed by atoms with E-state index in [1.54, 1.807) is 12.1 Å². The molecule has 1 aliphatic heterocycles. The molecule has 4 N–H and O–H groups in total. The lowest BCUT2D eigenvalue weighted by Gasteiger charge is -2.23. The Balaban J connectivity index is 2.03. The first kappa shape index (κ1) is 15.3. The van der Waals surface area contributed by atoms with Crippen molar-refractivity contribution in [3.8, 4) is 0 Å². The van der Waals surface area contributed by atoms with E-state index in [9.17, 15) is 14.7 Å². The zero-order chi connectivity index (χ0) is 15.6. The standard InChI is InChI=1S/C15H20N2O4/c1-9(10-2-4-11(16)5-3-10)6-14(19)17-8-12(18)7-13(17)15(20)21/h2-5,9,12-13,18H,6-8,16H2,1H3,(H,20,21)/t9?,12-,13-/m1/s1. The number of hydrogen-bond donors (Lipinski definition) is 3. The van der Waals surface area contributed by atoms with E-state index < -0.39 is 18.1 Å². The van der Waals surface area contributed by atoms with Crippen molar-refractivity contribution in [3.63, 3.8) is 0 Å². The number of aliphatic carboxylic acids is 1. The number of rotatable bonds is 4. The summed E-state index contributed by atoms with van der Waals surface area (Å²) in [5, 5.41) is 18.7. The van der Waals surface area contributed by atoms with Gasteiger partial charge in [0.1, 0.15) is 6.04 Å². The van der Waals surface area contributed by atoms with Gasteiger partial charge >= 0.3 is 5.97 Å². The number of carbonyl (C=O) groups is 2. The van der Waals surface area contributed by atoms with Crippen LogP contribution in [-0.2, 0) is 9.59 Å². The van der Waals surface area contributed by atoms with Gasteiger partial charge in [-0.3, -0.25) is 4.79 Å². The molecular weight excluding hydrogens is 272 g/mol. The van der Waals surface area contributed by atoms with Crippen molar-refractivity contribution in [1.29, 1.82) is 0 Å². The van der Waals surface area contributed by atoms with Gasteiger partial charge in [-0.1, -0.05) is 19.1 Å². The van der Waals surface area contributed by atoms with E-state index in [4.69, 9.17) is 10.8 Å². The second-order valence-corrected chi connectivity index (χ2v) is 5.56. The lowest BCUT2D eigenvalue weighted by Crippen LogP contribution is -2.41. The van der Waals surface area contributed by atoms with Crippen LogP contribution in [0.4, 0.5) is 5.69 Å². The molecule has 1 amide bonds. The molecule has 0 aliphatic carbocycles. The number of amides is 1. The van der Waals surface area contributed by atoms with E-state index >= 15 is 0 Å². The number of carbonyl (C=O) groups excluding carboxylic acids is 1. The number of nitrogen functional groups attached to an aromatic ring is 1. The Morgan fingerprint density at radius 2 is 2.00 bits per heavy atom. The SMILES string of the molecule is CC(CC(=O)N1C[C@H](O)C[C@@H]1C(=O)O)c1ccc(N)cc1. The highest BCUT2D eigenvalue weighted by Gasteiger charge is 2.38. The molecule has 3 atom stereocenters. The van der Waals surface area contributed by atoms with Crippen LogP contribution in [0.15, 0.2) is 24.3 Å². The van der Waals surface area contributed by atoms with Gasteiger partial charge in [-0.05, 0) is 23.6 Å². The number of carboxylic acids is 1. The van der Waals surface area contributed by atoms with Gasteiger partial charge in [0, 0.05) is 25.1 Å². The molecule has 1 aromatic carbocycles. The molecule has 1 heterocycles. The van der Waals surface area contributed by atoms with E-state index in [-0.39, 0.29) is 31.2 Å². The molecule has 114 valence electrons. The van der Waals surface area contributed by atoms with Crippen molar-refractivity contribution in [1.82, 2.24) is 4.90 Å². The Labute approximate surface area is 123 Å². The highest BCUT2D eigenvalue weighted by atomic mass is 16.4. The van der Waals surface area contributed by atoms with Crippen molar-refractivity contribution < 1.29 is 19.8 Å². The smallest absolute Gasteiger partial charge is 0.326 e. The van der Waals surface area contributed by atoms with Gasteiger partial charge in [-0.15, -0.1) is 0 Å². The van der Waals surface area contributed by atoms with Crippen LogP contribution in [0.1, 0.15) is 31.2 Å². The van der Waals surface area contributed by atoms with Crippen LogP contribution < -0.4 is 5.73 Å². The zero-order valence-corrected chi connectivity index (χ0v) is 11.9. The lowest BCUT2D eigenvalue weighted by atomic mass is 9.97. The van der Waals surface area contributed by atoms with Crippen LogP contribution in [0.3, 0.4) is 0 Å². The van der Waals surface area contributed by atoms with E-state index in [0.29, 0.717) is 5.69 Å². The minimum Gasteiger partial charge on any atom is -0.480 e. The molecule has 1 aliphatic rings. The molecule has 0 aromatic heterocycles. The summed E-state index contributed by atoms with van der Waals surface area (Å²) in [6.07, 6.45) is -0.459. The molecule has 6 heteroatoms. The third-order valence-electron chi connectivity index (χ3n) is 3.87. The summed E-state index contributed by atoms with van der Waals surface area (Å²) >= 11 is 0. The quantitative estimate of drug-likeness (QED) is 0.712. The van der Waals surface area contributed by atoms with E-state index in [2.05, 4.69) is 0 Å². The van der Waals surface area contributed by atoms with E-state index in [1.165, 1.54) is 4.90 Å². The van der Waals surface area contributed by atoms with Gasteiger partial charge in [-0.2, -0.15) is 0 Å². The summed E-state index contributed by atoms with van der Waals surface area (Å²) in [7, 11) is 0. The molecule has 0 radical (unpaired) electrons. The van der Waals surface area contributed by atoms with Crippen molar-refractivity contribution in [2.45, 2.75) is 37.8 Å². The minimum atomic E-state index is -1.07. The minimum absolute atomic E-state index is 0.0368. The fourth-order valence-corrected chi connectivity index (χ4v) is 2.65. The third-order valence-corrected chi connectivity index (χ3v) is 3.87. The molecule has 1 fully saturated rings. The molecule has 2 rings (SSSR count). The molecule has 6 nitrogen and oxygen atoms in total. The number of β-amino-alcohol motifs (C(OH)–C–C–N with tert-alkyl or cyclic N) is 1. The zero-order valence-electron chi connectivity index (χ0n) is 11.9. The topological polar surface area (TPSA) is 104 Å². The van der Waals surface area contributed by atoms with Gasteiger partial charge in [0.2, 0.25) is 5.91 Å². The van der Waals surface area contributed by atoms with Gasteiger partial charge in [0.15, 0.2) is 0 Å². The maximum atomic E-state index is 12.3. The van der Waals surface area contributed by atoms with Crippen molar-refractivity contribution in [2.75, 3.05) is 12.3 Å². The third kappa shape index (κ3) is 3.52. The number of aliphatic hydroxyl groups is 1. The van der Waals surface area contributed by atoms with Gasteiger partial charge in [0.25, 0.3) is 0 Å². The Morgan fingerprint density at radius 3 is 2.57 bits per heavy atom. The van der Waals surface area contributed by atoms with Crippen LogP contribution in [-0.4, -0.2) is 45.7 Å². The van der Waals surface area contributed by atoms with Gasteiger partial charge < -0.3 is 20.8 Å². The Morgan fingerprint density at radius 1 is 1.38 bits per heavy atom. The number of hydrogen-bond acceptors (Lipinski definition) is 4. The van der Waals surface area contributed by atoms with Crippen LogP contribution >= 0.6 is 0 Å². The number of carboxylic acid groups (broad SMARTS) is 1. The number of nitrogens with two attached hydrogens (primary N) is 1. The van der Waals surface area contributed by atoms with Crippen LogP contribution in [0.25, 0.3) is 0 Å². The number of nitrogens with zero attached hydrogens (tertiary/aromatic N) is 1. The second kappa shape index (κ2) is 6.13. The average Bonchev–Trinajstić information content (AvgIpc) is 2.82. The number of likely N-dealkylation sites (tertiary alicyclic amines) is 1. The van der Waals surface area contributed by atoms with Crippen molar-refractivity contribution in [3.05, 3.63) is 29.8 Å². The maximum absolute atomic E-state index is 12.3. The number of anilines is 1. The molecule has 21 heavy (non-hydrogen) atoms. The first-order valence-electron chi connectivity index (χ1n) is 6.94. The predicted octanol–water partition coefficient (Wildman–Crippen LogP) is 0.809. The van der Waals surface area contributed by atoms with Crippen LogP contribution in [0.2, 0.25) is 0 Å². The fraction of sp³-hybridized carbons (Fsp3) is 0.467. The molecule has 0 spiro atoms. The summed E-state index contributed by atoms with van der Waals surface area (Å²) in [4.78, 5) is 24.7. The van der Waals surface area contributed by atoms with Gasteiger partial charge in [0.05, 0.1) is 6.10 Å². The maximum Gasteiger partial charge on any atom is 0.326 e. The highest BCUT2D eigenvalue weighted by molar-refractivity contribution is 5.84. The molecule has 0 saturated carbocycles. The summed E-state index contributed by atoms with van der Waals surface area (Å²) in [6.45, 7) is 2.00. The number of aliphatic hydroxyl groups excluding tert-OH is 1. The largest absolute Gasteiger partial charge is 0.480 e. The first-order valence-corrected chi connectivity index (χ1v) is 6.94.